The normalized spacial score (nSPS) is 18.5. The maximum absolute atomic E-state index is 3.67. The molecule has 1 nitrogen and oxygen atoms in total. The SMILES string of the molecule is CCCCCCCCCCC(C)C(C)CNC1CC1. The molecule has 0 aromatic carbocycles. The largest absolute Gasteiger partial charge is 0.314 e. The summed E-state index contributed by atoms with van der Waals surface area (Å²) in [4.78, 5) is 0. The van der Waals surface area contributed by atoms with Crippen molar-refractivity contribution in [3.05, 3.63) is 0 Å². The fourth-order valence-electron chi connectivity index (χ4n) is 2.73. The smallest absolute Gasteiger partial charge is 0.00683 e. The van der Waals surface area contributed by atoms with Crippen LogP contribution in [0.5, 0.6) is 0 Å². The van der Waals surface area contributed by atoms with E-state index in [1.807, 2.05) is 0 Å². The minimum absolute atomic E-state index is 0.852. The standard InChI is InChI=1S/C18H37N/c1-4-5-6-7-8-9-10-11-12-16(2)17(3)15-19-18-13-14-18/h16-19H,4-15H2,1-3H3. The summed E-state index contributed by atoms with van der Waals surface area (Å²) in [6.45, 7) is 8.40. The Morgan fingerprint density at radius 1 is 0.842 bits per heavy atom. The summed E-state index contributed by atoms with van der Waals surface area (Å²) in [6.07, 6.45) is 15.8. The molecule has 0 heterocycles. The molecule has 0 aromatic heterocycles. The van der Waals surface area contributed by atoms with Crippen LogP contribution in [0.15, 0.2) is 0 Å². The van der Waals surface area contributed by atoms with Gasteiger partial charge in [-0.3, -0.25) is 0 Å². The van der Waals surface area contributed by atoms with Gasteiger partial charge in [-0.05, 0) is 31.2 Å². The fraction of sp³-hybridized carbons (Fsp3) is 1.00. The lowest BCUT2D eigenvalue weighted by Gasteiger charge is -2.20. The molecule has 1 aliphatic carbocycles. The molecule has 0 amide bonds. The molecule has 1 aliphatic rings. The first-order valence-corrected chi connectivity index (χ1v) is 8.97. The molecule has 0 aliphatic heterocycles. The van der Waals surface area contributed by atoms with Crippen LogP contribution in [0.1, 0.15) is 91.4 Å². The van der Waals surface area contributed by atoms with Crippen molar-refractivity contribution in [2.75, 3.05) is 6.54 Å². The van der Waals surface area contributed by atoms with Crippen LogP contribution in [0.25, 0.3) is 0 Å². The topological polar surface area (TPSA) is 12.0 Å². The molecule has 2 atom stereocenters. The van der Waals surface area contributed by atoms with Gasteiger partial charge in [0, 0.05) is 6.04 Å². The van der Waals surface area contributed by atoms with Gasteiger partial charge < -0.3 is 5.32 Å². The molecular formula is C18H37N. The van der Waals surface area contributed by atoms with Crippen LogP contribution >= 0.6 is 0 Å². The van der Waals surface area contributed by atoms with Gasteiger partial charge in [-0.15, -0.1) is 0 Å². The van der Waals surface area contributed by atoms with E-state index >= 15 is 0 Å². The van der Waals surface area contributed by atoms with Crippen molar-refractivity contribution in [2.24, 2.45) is 11.8 Å². The van der Waals surface area contributed by atoms with Crippen molar-refractivity contribution in [3.8, 4) is 0 Å². The second-order valence-corrected chi connectivity index (χ2v) is 6.90. The highest BCUT2D eigenvalue weighted by molar-refractivity contribution is 4.81. The van der Waals surface area contributed by atoms with Crippen molar-refractivity contribution in [2.45, 2.75) is 97.4 Å². The summed E-state index contributed by atoms with van der Waals surface area (Å²) in [5, 5.41) is 3.67. The van der Waals surface area contributed by atoms with E-state index < -0.39 is 0 Å². The van der Waals surface area contributed by atoms with Crippen molar-refractivity contribution in [1.82, 2.24) is 5.32 Å². The molecule has 1 fully saturated rings. The lowest BCUT2D eigenvalue weighted by molar-refractivity contribution is 0.335. The number of nitrogens with one attached hydrogen (secondary N) is 1. The molecule has 1 N–H and O–H groups in total. The molecule has 1 heteroatoms. The summed E-state index contributed by atoms with van der Waals surface area (Å²) >= 11 is 0. The van der Waals surface area contributed by atoms with E-state index in [0.29, 0.717) is 0 Å². The summed E-state index contributed by atoms with van der Waals surface area (Å²) in [5.74, 6) is 1.75. The Morgan fingerprint density at radius 3 is 2.00 bits per heavy atom. The number of hydrogen-bond donors (Lipinski definition) is 1. The number of rotatable bonds is 13. The first kappa shape index (κ1) is 17.0. The third kappa shape index (κ3) is 9.49. The maximum atomic E-state index is 3.67. The summed E-state index contributed by atoms with van der Waals surface area (Å²) in [5.41, 5.74) is 0. The van der Waals surface area contributed by atoms with E-state index in [1.165, 1.54) is 77.2 Å². The molecule has 0 saturated heterocycles. The zero-order chi connectivity index (χ0) is 13.9. The second-order valence-electron chi connectivity index (χ2n) is 6.90. The van der Waals surface area contributed by atoms with Gasteiger partial charge in [0.15, 0.2) is 0 Å². The van der Waals surface area contributed by atoms with Crippen molar-refractivity contribution in [1.29, 1.82) is 0 Å². The third-order valence-corrected chi connectivity index (χ3v) is 4.79. The Kier molecular flexibility index (Phi) is 9.59. The van der Waals surface area contributed by atoms with Crippen LogP contribution in [0.3, 0.4) is 0 Å². The Balaban J connectivity index is 1.84. The van der Waals surface area contributed by atoms with Crippen LogP contribution in [-0.4, -0.2) is 12.6 Å². The van der Waals surface area contributed by atoms with Gasteiger partial charge in [0.2, 0.25) is 0 Å². The predicted molar refractivity (Wildman–Crippen MR) is 86.6 cm³/mol. The van der Waals surface area contributed by atoms with Crippen molar-refractivity contribution in [3.63, 3.8) is 0 Å². The third-order valence-electron chi connectivity index (χ3n) is 4.79. The first-order chi connectivity index (χ1) is 9.24. The maximum Gasteiger partial charge on any atom is 0.00683 e. The van der Waals surface area contributed by atoms with Gasteiger partial charge in [-0.1, -0.05) is 78.6 Å². The Morgan fingerprint density at radius 2 is 1.42 bits per heavy atom. The van der Waals surface area contributed by atoms with E-state index in [2.05, 4.69) is 26.1 Å². The Hall–Kier alpha value is -0.0400. The fourth-order valence-corrected chi connectivity index (χ4v) is 2.73. The van der Waals surface area contributed by atoms with E-state index in [-0.39, 0.29) is 0 Å². The van der Waals surface area contributed by atoms with Crippen LogP contribution in [-0.2, 0) is 0 Å². The summed E-state index contributed by atoms with van der Waals surface area (Å²) in [6, 6.07) is 0.873. The lowest BCUT2D eigenvalue weighted by atomic mass is 9.90. The molecule has 2 unspecified atom stereocenters. The first-order valence-electron chi connectivity index (χ1n) is 8.97. The highest BCUT2D eigenvalue weighted by atomic mass is 14.9. The van der Waals surface area contributed by atoms with E-state index in [1.54, 1.807) is 0 Å². The summed E-state index contributed by atoms with van der Waals surface area (Å²) < 4.78 is 0. The number of hydrogen-bond acceptors (Lipinski definition) is 1. The van der Waals surface area contributed by atoms with Gasteiger partial charge in [0.25, 0.3) is 0 Å². The molecule has 0 bridgehead atoms. The highest BCUT2D eigenvalue weighted by Crippen LogP contribution is 2.22. The molecule has 0 radical (unpaired) electrons. The van der Waals surface area contributed by atoms with Crippen molar-refractivity contribution < 1.29 is 0 Å². The minimum atomic E-state index is 0.852. The van der Waals surface area contributed by atoms with Crippen LogP contribution in [0.2, 0.25) is 0 Å². The highest BCUT2D eigenvalue weighted by Gasteiger charge is 2.22. The molecule has 19 heavy (non-hydrogen) atoms. The van der Waals surface area contributed by atoms with E-state index in [4.69, 9.17) is 0 Å². The molecular weight excluding hydrogens is 230 g/mol. The van der Waals surface area contributed by atoms with Gasteiger partial charge in [-0.25, -0.2) is 0 Å². The quantitative estimate of drug-likeness (QED) is 0.432. The molecule has 0 aromatic rings. The Bertz CT molecular complexity index is 198. The van der Waals surface area contributed by atoms with Crippen molar-refractivity contribution >= 4 is 0 Å². The van der Waals surface area contributed by atoms with Gasteiger partial charge >= 0.3 is 0 Å². The second kappa shape index (κ2) is 10.7. The summed E-state index contributed by atoms with van der Waals surface area (Å²) in [7, 11) is 0. The molecule has 1 saturated carbocycles. The zero-order valence-electron chi connectivity index (χ0n) is 13.7. The zero-order valence-corrected chi connectivity index (χ0v) is 13.7. The minimum Gasteiger partial charge on any atom is -0.314 e. The lowest BCUT2D eigenvalue weighted by Crippen LogP contribution is -2.26. The average molecular weight is 268 g/mol. The monoisotopic (exact) mass is 267 g/mol. The average Bonchev–Trinajstić information content (AvgIpc) is 3.23. The number of unbranched alkanes of at least 4 members (excludes halogenated alkanes) is 7. The van der Waals surface area contributed by atoms with Crippen LogP contribution in [0, 0.1) is 11.8 Å². The molecule has 114 valence electrons. The predicted octanol–water partition coefficient (Wildman–Crippen LogP) is 5.54. The van der Waals surface area contributed by atoms with Gasteiger partial charge in [0.1, 0.15) is 0 Å². The molecule has 1 rings (SSSR count). The molecule has 0 spiro atoms. The van der Waals surface area contributed by atoms with Gasteiger partial charge in [-0.2, -0.15) is 0 Å². The van der Waals surface area contributed by atoms with E-state index in [0.717, 1.165) is 17.9 Å². The van der Waals surface area contributed by atoms with E-state index in [9.17, 15) is 0 Å². The van der Waals surface area contributed by atoms with Crippen LogP contribution in [0.4, 0.5) is 0 Å². The van der Waals surface area contributed by atoms with Gasteiger partial charge in [0.05, 0.1) is 0 Å². The Labute approximate surface area is 121 Å². The van der Waals surface area contributed by atoms with Crippen LogP contribution < -0.4 is 5.32 Å².